The Hall–Kier alpha value is -2.27. The number of hydrogen-bond donors (Lipinski definition) is 0. The summed E-state index contributed by atoms with van der Waals surface area (Å²) in [6.45, 7) is 1.30. The molecule has 1 aliphatic heterocycles. The lowest BCUT2D eigenvalue weighted by atomic mass is 10.2. The number of likely N-dealkylation sites (N-methyl/N-ethyl adjacent to an activating group) is 1. The number of benzene rings is 1. The Morgan fingerprint density at radius 3 is 2.78 bits per heavy atom. The lowest BCUT2D eigenvalue weighted by Crippen LogP contribution is -2.40. The molecule has 0 unspecified atom stereocenters. The molecule has 23 heavy (non-hydrogen) atoms. The van der Waals surface area contributed by atoms with Gasteiger partial charge in [-0.3, -0.25) is 14.7 Å². The molecule has 5 heteroatoms. The summed E-state index contributed by atoms with van der Waals surface area (Å²) in [5.41, 5.74) is 1.38. The second-order valence-electron chi connectivity index (χ2n) is 5.80. The Morgan fingerprint density at radius 1 is 1.26 bits per heavy atom. The first-order chi connectivity index (χ1) is 11.2. The predicted octanol–water partition coefficient (Wildman–Crippen LogP) is 2.50. The van der Waals surface area contributed by atoms with E-state index < -0.39 is 0 Å². The number of rotatable bonds is 5. The second-order valence-corrected chi connectivity index (χ2v) is 5.80. The Balaban J connectivity index is 1.63. The number of hydrogen-bond acceptors (Lipinski definition) is 3. The molecule has 1 atom stereocenters. The molecular weight excluding hydrogens is 293 g/mol. The standard InChI is InChI=1S/C18H20FN3O/c1-21(12-9-14-6-4-5-11-20-14)17-10-13-22(18(17)23)16-8-3-2-7-15(16)19/h2-8,11,17H,9-10,12-13H2,1H3/t17-/m0/s1. The van der Waals surface area contributed by atoms with Crippen molar-refractivity contribution in [3.8, 4) is 0 Å². The van der Waals surface area contributed by atoms with Crippen LogP contribution in [0.25, 0.3) is 0 Å². The monoisotopic (exact) mass is 313 g/mol. The number of carbonyl (C=O) groups is 1. The van der Waals surface area contributed by atoms with Crippen LogP contribution < -0.4 is 4.90 Å². The Labute approximate surface area is 135 Å². The van der Waals surface area contributed by atoms with E-state index in [1.54, 1.807) is 29.3 Å². The van der Waals surface area contributed by atoms with Crippen molar-refractivity contribution in [1.29, 1.82) is 0 Å². The summed E-state index contributed by atoms with van der Waals surface area (Å²) in [6.07, 6.45) is 3.28. The number of halogens is 1. The Morgan fingerprint density at radius 2 is 2.04 bits per heavy atom. The normalized spacial score (nSPS) is 18.0. The number of amides is 1. The van der Waals surface area contributed by atoms with Gasteiger partial charge in [-0.1, -0.05) is 18.2 Å². The molecular formula is C18H20FN3O. The fraction of sp³-hybridized carbons (Fsp3) is 0.333. The molecule has 1 aliphatic rings. The molecule has 0 saturated carbocycles. The number of nitrogens with zero attached hydrogens (tertiary/aromatic N) is 3. The molecule has 0 bridgehead atoms. The maximum absolute atomic E-state index is 13.9. The summed E-state index contributed by atoms with van der Waals surface area (Å²) >= 11 is 0. The van der Waals surface area contributed by atoms with Gasteiger partial charge in [0.2, 0.25) is 5.91 Å². The minimum atomic E-state index is -0.349. The first kappa shape index (κ1) is 15.6. The number of carbonyl (C=O) groups excluding carboxylic acids is 1. The number of aromatic nitrogens is 1. The third-order valence-corrected chi connectivity index (χ3v) is 4.30. The van der Waals surface area contributed by atoms with Crippen LogP contribution in [0.4, 0.5) is 10.1 Å². The van der Waals surface area contributed by atoms with Gasteiger partial charge in [-0.05, 0) is 37.7 Å². The maximum Gasteiger partial charge on any atom is 0.244 e. The number of anilines is 1. The van der Waals surface area contributed by atoms with Gasteiger partial charge in [-0.2, -0.15) is 0 Å². The van der Waals surface area contributed by atoms with Crippen LogP contribution in [0.1, 0.15) is 12.1 Å². The maximum atomic E-state index is 13.9. The van der Waals surface area contributed by atoms with Gasteiger partial charge in [-0.15, -0.1) is 0 Å². The van der Waals surface area contributed by atoms with Gasteiger partial charge in [0.15, 0.2) is 0 Å². The van der Waals surface area contributed by atoms with E-state index in [9.17, 15) is 9.18 Å². The molecule has 1 fully saturated rings. The third-order valence-electron chi connectivity index (χ3n) is 4.30. The fourth-order valence-corrected chi connectivity index (χ4v) is 2.98. The summed E-state index contributed by atoms with van der Waals surface area (Å²) in [5, 5.41) is 0. The molecule has 2 heterocycles. The minimum absolute atomic E-state index is 0.0291. The lowest BCUT2D eigenvalue weighted by molar-refractivity contribution is -0.121. The highest BCUT2D eigenvalue weighted by Gasteiger charge is 2.35. The zero-order valence-electron chi connectivity index (χ0n) is 13.2. The van der Waals surface area contributed by atoms with Crippen LogP contribution in [0.3, 0.4) is 0 Å². The van der Waals surface area contributed by atoms with Gasteiger partial charge < -0.3 is 4.90 Å². The first-order valence-corrected chi connectivity index (χ1v) is 7.83. The molecule has 0 radical (unpaired) electrons. The van der Waals surface area contributed by atoms with Crippen LogP contribution in [-0.2, 0) is 11.2 Å². The van der Waals surface area contributed by atoms with Crippen molar-refractivity contribution in [2.45, 2.75) is 18.9 Å². The number of para-hydroxylation sites is 1. The molecule has 0 N–H and O–H groups in total. The van der Waals surface area contributed by atoms with Crippen molar-refractivity contribution < 1.29 is 9.18 Å². The van der Waals surface area contributed by atoms with Crippen LogP contribution in [-0.4, -0.2) is 42.0 Å². The Kier molecular flexibility index (Phi) is 4.67. The summed E-state index contributed by atoms with van der Waals surface area (Å²) in [7, 11) is 1.94. The van der Waals surface area contributed by atoms with Crippen LogP contribution in [0, 0.1) is 5.82 Å². The zero-order chi connectivity index (χ0) is 16.2. The fourth-order valence-electron chi connectivity index (χ4n) is 2.98. The number of pyridine rings is 1. The van der Waals surface area contributed by atoms with E-state index in [1.165, 1.54) is 6.07 Å². The van der Waals surface area contributed by atoms with Crippen molar-refractivity contribution in [1.82, 2.24) is 9.88 Å². The largest absolute Gasteiger partial charge is 0.308 e. The molecule has 1 amide bonds. The van der Waals surface area contributed by atoms with E-state index in [4.69, 9.17) is 0 Å². The van der Waals surface area contributed by atoms with Crippen molar-refractivity contribution >= 4 is 11.6 Å². The highest BCUT2D eigenvalue weighted by Crippen LogP contribution is 2.26. The van der Waals surface area contributed by atoms with Gasteiger partial charge >= 0.3 is 0 Å². The van der Waals surface area contributed by atoms with Gasteiger partial charge in [0.05, 0.1) is 11.7 Å². The highest BCUT2D eigenvalue weighted by molar-refractivity contribution is 5.99. The van der Waals surface area contributed by atoms with E-state index in [1.807, 2.05) is 30.1 Å². The van der Waals surface area contributed by atoms with E-state index >= 15 is 0 Å². The smallest absolute Gasteiger partial charge is 0.244 e. The van der Waals surface area contributed by atoms with Crippen LogP contribution >= 0.6 is 0 Å². The molecule has 0 spiro atoms. The highest BCUT2D eigenvalue weighted by atomic mass is 19.1. The van der Waals surface area contributed by atoms with E-state index in [-0.39, 0.29) is 17.8 Å². The molecule has 1 aromatic heterocycles. The second kappa shape index (κ2) is 6.87. The summed E-state index contributed by atoms with van der Waals surface area (Å²) in [4.78, 5) is 20.5. The van der Waals surface area contributed by atoms with Gasteiger partial charge in [0.1, 0.15) is 5.82 Å². The first-order valence-electron chi connectivity index (χ1n) is 7.83. The van der Waals surface area contributed by atoms with Crippen LogP contribution in [0.15, 0.2) is 48.7 Å². The van der Waals surface area contributed by atoms with Gasteiger partial charge in [0, 0.05) is 31.4 Å². The average Bonchev–Trinajstić information content (AvgIpc) is 2.95. The van der Waals surface area contributed by atoms with Gasteiger partial charge in [-0.25, -0.2) is 4.39 Å². The van der Waals surface area contributed by atoms with E-state index in [0.717, 1.165) is 18.7 Å². The summed E-state index contributed by atoms with van der Waals surface area (Å²) in [6, 6.07) is 12.1. The summed E-state index contributed by atoms with van der Waals surface area (Å²) < 4.78 is 13.9. The van der Waals surface area contributed by atoms with Crippen LogP contribution in [0.2, 0.25) is 0 Å². The van der Waals surface area contributed by atoms with Crippen LogP contribution in [0.5, 0.6) is 0 Å². The predicted molar refractivity (Wildman–Crippen MR) is 87.7 cm³/mol. The van der Waals surface area contributed by atoms with E-state index in [0.29, 0.717) is 18.7 Å². The SMILES string of the molecule is CN(CCc1ccccn1)[C@H]1CCN(c2ccccc2F)C1=O. The topological polar surface area (TPSA) is 36.4 Å². The van der Waals surface area contributed by atoms with E-state index in [2.05, 4.69) is 4.98 Å². The summed E-state index contributed by atoms with van der Waals surface area (Å²) in [5.74, 6) is -0.378. The van der Waals surface area contributed by atoms with Crippen molar-refractivity contribution in [3.05, 3.63) is 60.2 Å². The molecule has 120 valence electrons. The van der Waals surface area contributed by atoms with Crippen molar-refractivity contribution in [3.63, 3.8) is 0 Å². The average molecular weight is 313 g/mol. The molecule has 0 aliphatic carbocycles. The van der Waals surface area contributed by atoms with Crippen molar-refractivity contribution in [2.24, 2.45) is 0 Å². The Bertz CT molecular complexity index is 677. The van der Waals surface area contributed by atoms with Crippen molar-refractivity contribution in [2.75, 3.05) is 25.0 Å². The molecule has 3 rings (SSSR count). The lowest BCUT2D eigenvalue weighted by Gasteiger charge is -2.23. The third kappa shape index (κ3) is 3.40. The molecule has 4 nitrogen and oxygen atoms in total. The minimum Gasteiger partial charge on any atom is -0.308 e. The molecule has 1 aromatic carbocycles. The quantitative estimate of drug-likeness (QED) is 0.851. The zero-order valence-corrected chi connectivity index (χ0v) is 13.2. The molecule has 1 saturated heterocycles. The van der Waals surface area contributed by atoms with Gasteiger partial charge in [0.25, 0.3) is 0 Å². The molecule has 2 aromatic rings.